The lowest BCUT2D eigenvalue weighted by Gasteiger charge is -2.15. The minimum atomic E-state index is -4.57. The summed E-state index contributed by atoms with van der Waals surface area (Å²) in [4.78, 5) is 18.7. The first-order valence-corrected chi connectivity index (χ1v) is 10.9. The number of halogens is 4. The molecule has 1 amide bonds. The largest absolute Gasteiger partial charge is 0.418 e. The van der Waals surface area contributed by atoms with Crippen molar-refractivity contribution in [2.45, 2.75) is 31.9 Å². The Morgan fingerprint density at radius 3 is 2.55 bits per heavy atom. The third kappa shape index (κ3) is 4.67. The van der Waals surface area contributed by atoms with E-state index in [2.05, 4.69) is 10.3 Å². The highest BCUT2D eigenvalue weighted by Gasteiger charge is 2.34. The van der Waals surface area contributed by atoms with Gasteiger partial charge in [-0.3, -0.25) is 4.79 Å². The number of thiophene rings is 1. The number of carbonyl (C=O) groups is 1. The number of hydrogen-bond donors (Lipinski definition) is 1. The lowest BCUT2D eigenvalue weighted by Crippen LogP contribution is -2.18. The molecule has 4 rings (SSSR count). The van der Waals surface area contributed by atoms with Crippen molar-refractivity contribution in [1.82, 2.24) is 0 Å². The normalized spacial score (nSPS) is 13.9. The molecule has 1 aliphatic rings. The summed E-state index contributed by atoms with van der Waals surface area (Å²) >= 11 is 7.60. The van der Waals surface area contributed by atoms with Gasteiger partial charge in [0.2, 0.25) is 0 Å². The smallest absolute Gasteiger partial charge is 0.321 e. The van der Waals surface area contributed by atoms with Crippen molar-refractivity contribution in [3.05, 3.63) is 80.7 Å². The maximum Gasteiger partial charge on any atom is 0.418 e. The number of carbonyl (C=O) groups excluding carboxylic acids is 1. The van der Waals surface area contributed by atoms with Crippen LogP contribution in [-0.4, -0.2) is 12.1 Å². The number of hydrogen-bond acceptors (Lipinski definition) is 3. The molecule has 0 saturated carbocycles. The fraction of sp³-hybridized carbons (Fsp3) is 0.217. The fourth-order valence-electron chi connectivity index (χ4n) is 3.61. The SMILES string of the molecule is O=C(Nc1ccccc1C(F)(F)F)c1c(N=Cc2ccccc2Cl)sc2c1CCCC2. The number of alkyl halides is 3. The minimum Gasteiger partial charge on any atom is -0.321 e. The molecule has 0 fully saturated rings. The zero-order chi connectivity index (χ0) is 22.0. The third-order valence-corrected chi connectivity index (χ3v) is 6.63. The summed E-state index contributed by atoms with van der Waals surface area (Å²) < 4.78 is 40.1. The Labute approximate surface area is 186 Å². The van der Waals surface area contributed by atoms with E-state index in [1.54, 1.807) is 24.4 Å². The first-order chi connectivity index (χ1) is 14.8. The number of nitrogens with one attached hydrogen (secondary N) is 1. The van der Waals surface area contributed by atoms with Crippen LogP contribution in [0.2, 0.25) is 5.02 Å². The lowest BCUT2D eigenvalue weighted by atomic mass is 9.95. The van der Waals surface area contributed by atoms with Crippen LogP contribution in [-0.2, 0) is 19.0 Å². The maximum atomic E-state index is 13.4. The number of benzene rings is 2. The molecule has 0 atom stereocenters. The van der Waals surface area contributed by atoms with Crippen LogP contribution in [0, 0.1) is 0 Å². The monoisotopic (exact) mass is 462 g/mol. The molecule has 2 aromatic carbocycles. The second kappa shape index (κ2) is 8.85. The average Bonchev–Trinajstić information content (AvgIpc) is 3.11. The highest BCUT2D eigenvalue weighted by atomic mass is 35.5. The van der Waals surface area contributed by atoms with E-state index in [9.17, 15) is 18.0 Å². The van der Waals surface area contributed by atoms with Crippen molar-refractivity contribution in [3.8, 4) is 0 Å². The van der Waals surface area contributed by atoms with E-state index in [0.717, 1.165) is 35.8 Å². The van der Waals surface area contributed by atoms with Crippen LogP contribution in [0.4, 0.5) is 23.9 Å². The molecule has 8 heteroatoms. The van der Waals surface area contributed by atoms with Gasteiger partial charge in [-0.1, -0.05) is 41.9 Å². The van der Waals surface area contributed by atoms with Gasteiger partial charge >= 0.3 is 6.18 Å². The first-order valence-electron chi connectivity index (χ1n) is 9.75. The molecule has 1 N–H and O–H groups in total. The Hall–Kier alpha value is -2.64. The van der Waals surface area contributed by atoms with Crippen LogP contribution in [0.25, 0.3) is 0 Å². The van der Waals surface area contributed by atoms with Crippen molar-refractivity contribution in [1.29, 1.82) is 0 Å². The molecule has 0 saturated heterocycles. The average molecular weight is 463 g/mol. The van der Waals surface area contributed by atoms with Crippen LogP contribution in [0.15, 0.2) is 53.5 Å². The predicted molar refractivity (Wildman–Crippen MR) is 119 cm³/mol. The summed E-state index contributed by atoms with van der Waals surface area (Å²) in [6, 6.07) is 12.1. The molecule has 1 heterocycles. The number of aryl methyl sites for hydroxylation is 1. The highest BCUT2D eigenvalue weighted by molar-refractivity contribution is 7.16. The Kier molecular flexibility index (Phi) is 6.16. The molecule has 3 aromatic rings. The van der Waals surface area contributed by atoms with Crippen LogP contribution >= 0.6 is 22.9 Å². The number of para-hydroxylation sites is 1. The first kappa shape index (κ1) is 21.6. The van der Waals surface area contributed by atoms with E-state index < -0.39 is 17.6 Å². The Bertz CT molecular complexity index is 1150. The molecule has 31 heavy (non-hydrogen) atoms. The Balaban J connectivity index is 1.72. The molecule has 0 unspecified atom stereocenters. The fourth-order valence-corrected chi connectivity index (χ4v) is 5.02. The second-order valence-electron chi connectivity index (χ2n) is 7.17. The zero-order valence-electron chi connectivity index (χ0n) is 16.3. The number of amides is 1. The number of nitrogens with zero attached hydrogens (tertiary/aromatic N) is 1. The van der Waals surface area contributed by atoms with Crippen molar-refractivity contribution in [3.63, 3.8) is 0 Å². The molecule has 3 nitrogen and oxygen atoms in total. The van der Waals surface area contributed by atoms with E-state index in [4.69, 9.17) is 11.6 Å². The molecule has 1 aromatic heterocycles. The van der Waals surface area contributed by atoms with E-state index in [-0.39, 0.29) is 5.69 Å². The van der Waals surface area contributed by atoms with Crippen molar-refractivity contribution in [2.75, 3.05) is 5.32 Å². The van der Waals surface area contributed by atoms with Gasteiger partial charge < -0.3 is 5.32 Å². The summed E-state index contributed by atoms with van der Waals surface area (Å²) in [5.74, 6) is -0.581. The Morgan fingerprint density at radius 2 is 1.77 bits per heavy atom. The summed E-state index contributed by atoms with van der Waals surface area (Å²) in [5.41, 5.74) is 0.777. The number of aliphatic imine (C=N–C) groups is 1. The van der Waals surface area contributed by atoms with Crippen LogP contribution < -0.4 is 5.32 Å². The van der Waals surface area contributed by atoms with Gasteiger partial charge in [0, 0.05) is 21.7 Å². The quantitative estimate of drug-likeness (QED) is 0.406. The van der Waals surface area contributed by atoms with E-state index >= 15 is 0 Å². The summed E-state index contributed by atoms with van der Waals surface area (Å²) in [6.07, 6.45) is 0.497. The van der Waals surface area contributed by atoms with Crippen molar-refractivity contribution < 1.29 is 18.0 Å². The highest BCUT2D eigenvalue weighted by Crippen LogP contribution is 2.41. The summed E-state index contributed by atoms with van der Waals surface area (Å²) in [6.45, 7) is 0. The third-order valence-electron chi connectivity index (χ3n) is 5.09. The standard InChI is InChI=1S/C23H18ClF3N2OS/c24-17-10-4-1-7-14(17)13-28-22-20(15-8-2-6-12-19(15)31-22)21(30)29-18-11-5-3-9-16(18)23(25,26)27/h1,3-5,7,9-11,13H,2,6,8,12H2,(H,29,30). The van der Waals surface area contributed by atoms with Crippen molar-refractivity contribution in [2.24, 2.45) is 4.99 Å². The van der Waals surface area contributed by atoms with E-state index in [1.807, 2.05) is 6.07 Å². The molecule has 0 aliphatic heterocycles. The molecule has 0 radical (unpaired) electrons. The predicted octanol–water partition coefficient (Wildman–Crippen LogP) is 7.30. The maximum absolute atomic E-state index is 13.4. The minimum absolute atomic E-state index is 0.267. The molecule has 1 aliphatic carbocycles. The molecule has 0 spiro atoms. The topological polar surface area (TPSA) is 41.5 Å². The van der Waals surface area contributed by atoms with Gasteiger partial charge in [-0.2, -0.15) is 13.2 Å². The van der Waals surface area contributed by atoms with Gasteiger partial charge in [0.1, 0.15) is 5.00 Å². The van der Waals surface area contributed by atoms with Gasteiger partial charge in [0.05, 0.1) is 16.8 Å². The van der Waals surface area contributed by atoms with Gasteiger partial charge in [-0.15, -0.1) is 11.3 Å². The molecular weight excluding hydrogens is 445 g/mol. The summed E-state index contributed by atoms with van der Waals surface area (Å²) in [7, 11) is 0. The van der Waals surface area contributed by atoms with Gasteiger partial charge in [0.25, 0.3) is 5.91 Å². The lowest BCUT2D eigenvalue weighted by molar-refractivity contribution is -0.136. The molecule has 160 valence electrons. The van der Waals surface area contributed by atoms with E-state index in [1.165, 1.54) is 29.5 Å². The van der Waals surface area contributed by atoms with Gasteiger partial charge in [0.15, 0.2) is 0 Å². The van der Waals surface area contributed by atoms with Crippen LogP contribution in [0.3, 0.4) is 0 Å². The van der Waals surface area contributed by atoms with Crippen LogP contribution in [0.5, 0.6) is 0 Å². The zero-order valence-corrected chi connectivity index (χ0v) is 17.9. The number of rotatable bonds is 4. The molecular formula is C23H18ClF3N2OS. The number of anilines is 1. The van der Waals surface area contributed by atoms with Gasteiger partial charge in [-0.05, 0) is 49.4 Å². The second-order valence-corrected chi connectivity index (χ2v) is 8.66. The number of fused-ring (bicyclic) bond motifs is 1. The van der Waals surface area contributed by atoms with Gasteiger partial charge in [-0.25, -0.2) is 4.99 Å². The molecule has 0 bridgehead atoms. The Morgan fingerprint density at radius 1 is 1.06 bits per heavy atom. The van der Waals surface area contributed by atoms with Crippen LogP contribution in [0.1, 0.15) is 44.8 Å². The van der Waals surface area contributed by atoms with Crippen molar-refractivity contribution >= 4 is 45.7 Å². The summed E-state index contributed by atoms with van der Waals surface area (Å²) in [5, 5.41) is 3.47. The van der Waals surface area contributed by atoms with E-state index in [0.29, 0.717) is 27.6 Å².